The molecule has 4 aromatic carbocycles. The molecule has 0 saturated carbocycles. The molecule has 0 aliphatic carbocycles. The number of esters is 4. The van der Waals surface area contributed by atoms with Gasteiger partial charge in [0.15, 0.2) is 10.9 Å². The van der Waals surface area contributed by atoms with E-state index < -0.39 is 17.9 Å². The van der Waals surface area contributed by atoms with Gasteiger partial charge in [0, 0.05) is 38.0 Å². The fourth-order valence-corrected chi connectivity index (χ4v) is 6.73. The summed E-state index contributed by atoms with van der Waals surface area (Å²) in [5.74, 6) is -0.987. The second-order valence-electron chi connectivity index (χ2n) is 14.9. The summed E-state index contributed by atoms with van der Waals surface area (Å²) in [7, 11) is 0. The Bertz CT molecular complexity index is 2400. The third-order valence-electron chi connectivity index (χ3n) is 10.1. The predicted molar refractivity (Wildman–Crippen MR) is 235 cm³/mol. The summed E-state index contributed by atoms with van der Waals surface area (Å²) in [6, 6.07) is 27.9. The fourth-order valence-electron chi connectivity index (χ4n) is 6.73. The Kier molecular flexibility index (Phi) is 17.4. The minimum absolute atomic E-state index is 0.162. The molecule has 63 heavy (non-hydrogen) atoms. The molecule has 6 aromatic rings. The molecule has 0 fully saturated rings. The van der Waals surface area contributed by atoms with Gasteiger partial charge in [-0.1, -0.05) is 67.1 Å². The Balaban J connectivity index is 0.720. The van der Waals surface area contributed by atoms with Crippen LogP contribution in [0.2, 0.25) is 0 Å². The van der Waals surface area contributed by atoms with Gasteiger partial charge in [0.05, 0.1) is 35.1 Å². The molecule has 0 amide bonds. The number of ether oxygens (including phenoxy) is 5. The SMILES string of the molecule is O=C(CCCCCOCC(=O)OCCCCCC(=O)Oc1ccc2c(=O)c(-c3ccccc3)coc2c1)OCCCCCC(=O)Oc1ccc2c(=O)c(-c3ccccc3)coc2c1. The molecule has 2 heterocycles. The number of hydrogen-bond acceptors (Lipinski definition) is 13. The van der Waals surface area contributed by atoms with E-state index in [2.05, 4.69) is 0 Å². The highest BCUT2D eigenvalue weighted by Crippen LogP contribution is 2.25. The molecule has 0 bridgehead atoms. The number of benzene rings is 4. The summed E-state index contributed by atoms with van der Waals surface area (Å²) in [4.78, 5) is 74.7. The average Bonchev–Trinajstić information content (AvgIpc) is 3.29. The first-order valence-electron chi connectivity index (χ1n) is 21.3. The number of carbonyl (C=O) groups excluding carboxylic acids is 4. The summed E-state index contributed by atoms with van der Waals surface area (Å²) < 4.78 is 38.1. The molecule has 13 nitrogen and oxygen atoms in total. The Hall–Kier alpha value is -6.86. The first kappa shape index (κ1) is 45.7. The zero-order chi connectivity index (χ0) is 44.2. The van der Waals surface area contributed by atoms with Crippen LogP contribution in [0.1, 0.15) is 77.0 Å². The second-order valence-corrected chi connectivity index (χ2v) is 14.9. The van der Waals surface area contributed by atoms with Crippen molar-refractivity contribution in [1.82, 2.24) is 0 Å². The minimum Gasteiger partial charge on any atom is -0.466 e. The second kappa shape index (κ2) is 24.0. The van der Waals surface area contributed by atoms with Gasteiger partial charge in [-0.25, -0.2) is 4.79 Å². The summed E-state index contributed by atoms with van der Waals surface area (Å²) >= 11 is 0. The molecule has 0 aliphatic rings. The Morgan fingerprint density at radius 1 is 0.444 bits per heavy atom. The monoisotopic (exact) mass is 858 g/mol. The molecule has 0 spiro atoms. The van der Waals surface area contributed by atoms with E-state index in [4.69, 9.17) is 32.5 Å². The van der Waals surface area contributed by atoms with Gasteiger partial charge in [-0.15, -0.1) is 0 Å². The maximum atomic E-state index is 12.9. The quantitative estimate of drug-likeness (QED) is 0.0320. The number of fused-ring (bicyclic) bond motifs is 2. The highest BCUT2D eigenvalue weighted by Gasteiger charge is 2.14. The molecular formula is C50H50O13. The third-order valence-corrected chi connectivity index (χ3v) is 10.1. The van der Waals surface area contributed by atoms with E-state index in [1.54, 1.807) is 24.3 Å². The molecule has 0 N–H and O–H groups in total. The highest BCUT2D eigenvalue weighted by atomic mass is 16.6. The molecule has 2 aromatic heterocycles. The lowest BCUT2D eigenvalue weighted by atomic mass is 10.1. The van der Waals surface area contributed by atoms with E-state index in [-0.39, 0.29) is 61.7 Å². The predicted octanol–water partition coefficient (Wildman–Crippen LogP) is 9.53. The molecule has 0 atom stereocenters. The standard InChI is InChI=1S/C50H50O13/c51-45(58-28-14-4-11-21-46(52)62-37-23-25-39-43(30-37)60-32-41(49(39)55)35-16-6-1-7-17-35)20-10-3-13-27-57-34-48(54)59-29-15-5-12-22-47(53)63-38-24-26-40-44(31-38)61-33-42(50(40)56)36-18-8-2-9-19-36/h1-2,6-9,16-19,23-26,30-33H,3-5,10-15,20-22,27-29,34H2. The van der Waals surface area contributed by atoms with E-state index in [0.717, 1.165) is 17.5 Å². The fraction of sp³-hybridized carbons (Fsp3) is 0.320. The summed E-state index contributed by atoms with van der Waals surface area (Å²) in [5.41, 5.74) is 2.75. The molecular weight excluding hydrogens is 809 g/mol. The Morgan fingerprint density at radius 3 is 1.35 bits per heavy atom. The van der Waals surface area contributed by atoms with Crippen molar-refractivity contribution in [2.45, 2.75) is 77.0 Å². The zero-order valence-corrected chi connectivity index (χ0v) is 35.0. The first-order chi connectivity index (χ1) is 30.7. The van der Waals surface area contributed by atoms with Crippen molar-refractivity contribution in [3.05, 3.63) is 130 Å². The summed E-state index contributed by atoms with van der Waals surface area (Å²) in [5, 5.41) is 0.791. The van der Waals surface area contributed by atoms with Crippen molar-refractivity contribution in [2.24, 2.45) is 0 Å². The van der Waals surface area contributed by atoms with Gasteiger partial charge in [-0.3, -0.25) is 24.0 Å². The molecule has 328 valence electrons. The third kappa shape index (κ3) is 14.1. The van der Waals surface area contributed by atoms with Crippen molar-refractivity contribution in [2.75, 3.05) is 26.4 Å². The van der Waals surface area contributed by atoms with Crippen molar-refractivity contribution in [3.63, 3.8) is 0 Å². The van der Waals surface area contributed by atoms with Crippen LogP contribution < -0.4 is 20.3 Å². The average molecular weight is 859 g/mol. The van der Waals surface area contributed by atoms with Crippen LogP contribution in [-0.2, 0) is 33.4 Å². The smallest absolute Gasteiger partial charge is 0.332 e. The molecule has 6 rings (SSSR count). The van der Waals surface area contributed by atoms with E-state index >= 15 is 0 Å². The van der Waals surface area contributed by atoms with Crippen molar-refractivity contribution >= 4 is 45.8 Å². The van der Waals surface area contributed by atoms with Crippen LogP contribution in [-0.4, -0.2) is 50.3 Å². The van der Waals surface area contributed by atoms with Gasteiger partial charge in [-0.2, -0.15) is 0 Å². The normalized spacial score (nSPS) is 11.0. The number of unbranched alkanes of at least 4 members (excludes halogenated alkanes) is 6. The molecule has 0 unspecified atom stereocenters. The maximum Gasteiger partial charge on any atom is 0.332 e. The van der Waals surface area contributed by atoms with Gasteiger partial charge in [0.1, 0.15) is 41.8 Å². The van der Waals surface area contributed by atoms with E-state index in [1.807, 2.05) is 60.7 Å². The van der Waals surface area contributed by atoms with Gasteiger partial charge in [0.25, 0.3) is 0 Å². The minimum atomic E-state index is -0.465. The number of hydrogen-bond donors (Lipinski definition) is 0. The topological polar surface area (TPSA) is 175 Å². The lowest BCUT2D eigenvalue weighted by molar-refractivity contribution is -0.149. The number of rotatable bonds is 24. The number of carbonyl (C=O) groups is 4. The maximum absolute atomic E-state index is 12.9. The van der Waals surface area contributed by atoms with E-state index in [0.29, 0.717) is 96.8 Å². The first-order valence-corrected chi connectivity index (χ1v) is 21.3. The summed E-state index contributed by atoms with van der Waals surface area (Å²) in [6.45, 7) is 0.684. The lowest BCUT2D eigenvalue weighted by Crippen LogP contribution is -2.14. The van der Waals surface area contributed by atoms with Crippen molar-refractivity contribution in [3.8, 4) is 33.8 Å². The Morgan fingerprint density at radius 2 is 0.873 bits per heavy atom. The molecule has 13 heteroatoms. The van der Waals surface area contributed by atoms with Gasteiger partial charge in [0.2, 0.25) is 0 Å². The van der Waals surface area contributed by atoms with Gasteiger partial charge in [-0.05, 0) is 86.8 Å². The van der Waals surface area contributed by atoms with E-state index in [9.17, 15) is 28.8 Å². The highest BCUT2D eigenvalue weighted by molar-refractivity contribution is 5.85. The lowest BCUT2D eigenvalue weighted by Gasteiger charge is -2.08. The van der Waals surface area contributed by atoms with Gasteiger partial charge >= 0.3 is 23.9 Å². The molecule has 0 saturated heterocycles. The van der Waals surface area contributed by atoms with E-state index in [1.165, 1.54) is 24.7 Å². The van der Waals surface area contributed by atoms with Crippen molar-refractivity contribution in [1.29, 1.82) is 0 Å². The van der Waals surface area contributed by atoms with Crippen molar-refractivity contribution < 1.29 is 51.7 Å². The van der Waals surface area contributed by atoms with Crippen LogP contribution in [0, 0.1) is 0 Å². The van der Waals surface area contributed by atoms with Crippen LogP contribution in [0.5, 0.6) is 11.5 Å². The summed E-state index contributed by atoms with van der Waals surface area (Å²) in [6.07, 6.45) is 9.20. The van der Waals surface area contributed by atoms with Crippen LogP contribution >= 0.6 is 0 Å². The van der Waals surface area contributed by atoms with Crippen LogP contribution in [0.25, 0.3) is 44.2 Å². The Labute approximate surface area is 363 Å². The van der Waals surface area contributed by atoms with Crippen LogP contribution in [0.3, 0.4) is 0 Å². The zero-order valence-electron chi connectivity index (χ0n) is 35.0. The van der Waals surface area contributed by atoms with Crippen LogP contribution in [0.4, 0.5) is 0 Å². The molecule has 0 radical (unpaired) electrons. The molecule has 0 aliphatic heterocycles. The van der Waals surface area contributed by atoms with Gasteiger partial charge < -0.3 is 32.5 Å². The van der Waals surface area contributed by atoms with Crippen LogP contribution in [0.15, 0.2) is 128 Å². The largest absolute Gasteiger partial charge is 0.466 e.